The van der Waals surface area contributed by atoms with Crippen LogP contribution in [0.3, 0.4) is 0 Å². The van der Waals surface area contributed by atoms with Crippen LogP contribution in [-0.4, -0.2) is 14.8 Å². The molecule has 0 atom stereocenters. The van der Waals surface area contributed by atoms with Crippen molar-refractivity contribution in [3.05, 3.63) is 34.7 Å². The maximum Gasteiger partial charge on any atom is 0.283 e. The van der Waals surface area contributed by atoms with E-state index in [1.807, 2.05) is 5.43 Å². The fraction of sp³-hybridized carbons (Fsp3) is 0. The van der Waals surface area contributed by atoms with Gasteiger partial charge in [0.05, 0.1) is 4.90 Å². The van der Waals surface area contributed by atoms with Crippen LogP contribution in [0.1, 0.15) is 0 Å². The number of hydrogen-bond donors (Lipinski definition) is 2. The molecule has 0 saturated heterocycles. The Morgan fingerprint density at radius 2 is 2.00 bits per heavy atom. The zero-order chi connectivity index (χ0) is 12.0. The molecule has 0 amide bonds. The van der Waals surface area contributed by atoms with Gasteiger partial charge in [0, 0.05) is 10.6 Å². The van der Waals surface area contributed by atoms with Gasteiger partial charge in [-0.1, -0.05) is 17.2 Å². The van der Waals surface area contributed by atoms with Gasteiger partial charge in [-0.2, -0.15) is 8.42 Å². The van der Waals surface area contributed by atoms with E-state index in [1.165, 1.54) is 24.3 Å². The summed E-state index contributed by atoms with van der Waals surface area (Å²) in [4.78, 5) is 2.55. The molecule has 8 nitrogen and oxygen atoms in total. The molecule has 84 valence electrons. The minimum atomic E-state index is -3.76. The van der Waals surface area contributed by atoms with E-state index in [2.05, 4.69) is 14.4 Å². The lowest BCUT2D eigenvalue weighted by Crippen LogP contribution is -2.20. The largest absolute Gasteiger partial charge is 0.314 e. The fourth-order valence-electron chi connectivity index (χ4n) is 0.897. The quantitative estimate of drug-likeness (QED) is 0.153. The van der Waals surface area contributed by atoms with Gasteiger partial charge in [-0.05, 0) is 17.7 Å². The predicted molar refractivity (Wildman–Crippen MR) is 58.2 cm³/mol. The number of hydrazine groups is 1. The summed E-state index contributed by atoms with van der Waals surface area (Å²) in [6.45, 7) is 0. The summed E-state index contributed by atoms with van der Waals surface area (Å²) < 4.78 is 26.2. The lowest BCUT2D eigenvalue weighted by Gasteiger charge is -1.98. The maximum atomic E-state index is 11.5. The number of sulfonamides is 1. The highest BCUT2D eigenvalue weighted by molar-refractivity contribution is 7.90. The summed E-state index contributed by atoms with van der Waals surface area (Å²) in [5, 5.41) is 3.31. The molecule has 1 rings (SSSR count). The van der Waals surface area contributed by atoms with Crippen molar-refractivity contribution >= 4 is 22.0 Å². The molecular weight excluding hydrogens is 232 g/mol. The van der Waals surface area contributed by atoms with Crippen molar-refractivity contribution in [1.29, 1.82) is 0 Å². The fourth-order valence-corrected chi connectivity index (χ4v) is 1.70. The van der Waals surface area contributed by atoms with Crippen molar-refractivity contribution in [3.8, 4) is 0 Å². The van der Waals surface area contributed by atoms with Crippen LogP contribution in [0.4, 0.5) is 5.69 Å². The van der Waals surface area contributed by atoms with Crippen LogP contribution in [0.25, 0.3) is 10.4 Å². The van der Waals surface area contributed by atoms with E-state index in [0.717, 1.165) is 6.34 Å². The first-order chi connectivity index (χ1) is 7.60. The zero-order valence-corrected chi connectivity index (χ0v) is 8.79. The lowest BCUT2D eigenvalue weighted by molar-refractivity contribution is 0.598. The van der Waals surface area contributed by atoms with Gasteiger partial charge in [0.15, 0.2) is 0 Å². The summed E-state index contributed by atoms with van der Waals surface area (Å²) in [5.41, 5.74) is 10.5. The summed E-state index contributed by atoms with van der Waals surface area (Å²) in [6.07, 6.45) is 0.858. The third-order valence-electron chi connectivity index (χ3n) is 1.56. The molecule has 0 aliphatic heterocycles. The second-order valence-electron chi connectivity index (χ2n) is 2.56. The molecule has 1 aromatic rings. The van der Waals surface area contributed by atoms with Gasteiger partial charge >= 0.3 is 0 Å². The van der Waals surface area contributed by atoms with Crippen molar-refractivity contribution < 1.29 is 8.42 Å². The van der Waals surface area contributed by atoms with Crippen LogP contribution in [-0.2, 0) is 10.0 Å². The monoisotopic (exact) mass is 240 g/mol. The van der Waals surface area contributed by atoms with Crippen molar-refractivity contribution in [2.75, 3.05) is 0 Å². The Balaban J connectivity index is 3.06. The molecule has 0 saturated carbocycles. The second kappa shape index (κ2) is 5.12. The maximum absolute atomic E-state index is 11.5. The van der Waals surface area contributed by atoms with Gasteiger partial charge in [0.25, 0.3) is 10.0 Å². The highest BCUT2D eigenvalue weighted by Gasteiger charge is 2.10. The number of rotatable bonds is 4. The Morgan fingerprint density at radius 1 is 1.38 bits per heavy atom. The van der Waals surface area contributed by atoms with Crippen molar-refractivity contribution in [2.45, 2.75) is 4.90 Å². The highest BCUT2D eigenvalue weighted by atomic mass is 32.2. The Kier molecular flexibility index (Phi) is 3.84. The third kappa shape index (κ3) is 2.95. The average Bonchev–Trinajstić information content (AvgIpc) is 2.28. The molecule has 0 unspecified atom stereocenters. The van der Waals surface area contributed by atoms with Gasteiger partial charge in [0.2, 0.25) is 0 Å². The second-order valence-corrected chi connectivity index (χ2v) is 4.19. The summed E-state index contributed by atoms with van der Waals surface area (Å²) >= 11 is 0. The van der Waals surface area contributed by atoms with E-state index in [-0.39, 0.29) is 4.90 Å². The molecule has 0 spiro atoms. The van der Waals surface area contributed by atoms with E-state index in [1.54, 1.807) is 0 Å². The van der Waals surface area contributed by atoms with Crippen LogP contribution in [0.2, 0.25) is 0 Å². The SMILES string of the molecule is [N-]=[N+]=Nc1ccc(S(=O)(=O)N=CNN)cc1. The van der Waals surface area contributed by atoms with Crippen LogP contribution in [0.5, 0.6) is 0 Å². The Morgan fingerprint density at radius 3 is 2.50 bits per heavy atom. The molecule has 1 aromatic carbocycles. The topological polar surface area (TPSA) is 133 Å². The number of benzene rings is 1. The molecule has 0 heterocycles. The van der Waals surface area contributed by atoms with Crippen molar-refractivity contribution in [1.82, 2.24) is 5.43 Å². The van der Waals surface area contributed by atoms with Crippen molar-refractivity contribution in [2.24, 2.45) is 15.4 Å². The van der Waals surface area contributed by atoms with Gasteiger partial charge in [-0.15, -0.1) is 4.40 Å². The van der Waals surface area contributed by atoms with E-state index in [0.29, 0.717) is 5.69 Å². The van der Waals surface area contributed by atoms with E-state index < -0.39 is 10.0 Å². The van der Waals surface area contributed by atoms with E-state index in [9.17, 15) is 8.42 Å². The zero-order valence-electron chi connectivity index (χ0n) is 7.98. The van der Waals surface area contributed by atoms with Crippen LogP contribution < -0.4 is 11.3 Å². The Hall–Kier alpha value is -2.09. The van der Waals surface area contributed by atoms with E-state index >= 15 is 0 Å². The van der Waals surface area contributed by atoms with Gasteiger partial charge in [-0.3, -0.25) is 0 Å². The minimum absolute atomic E-state index is 0.0177. The molecule has 0 bridgehead atoms. The molecule has 0 aromatic heterocycles. The molecule has 0 fully saturated rings. The number of nitrogens with two attached hydrogens (primary N) is 1. The van der Waals surface area contributed by atoms with Crippen LogP contribution in [0.15, 0.2) is 38.7 Å². The standard InChI is InChI=1S/C7H8N6O2S/c8-10-5-11-16(14,15)7-3-1-6(2-4-7)12-13-9/h1-5H,8H2,(H,10,11). The number of nitrogens with zero attached hydrogens (tertiary/aromatic N) is 4. The Labute approximate surface area is 91.4 Å². The molecule has 0 radical (unpaired) electrons. The van der Waals surface area contributed by atoms with Crippen LogP contribution >= 0.6 is 0 Å². The number of nitrogens with one attached hydrogen (secondary N) is 1. The summed E-state index contributed by atoms with van der Waals surface area (Å²) in [5.74, 6) is 4.86. The normalized spacial score (nSPS) is 11.1. The first-order valence-electron chi connectivity index (χ1n) is 4.00. The molecule has 16 heavy (non-hydrogen) atoms. The first-order valence-corrected chi connectivity index (χ1v) is 5.44. The lowest BCUT2D eigenvalue weighted by atomic mass is 10.3. The Bertz CT molecular complexity index is 529. The highest BCUT2D eigenvalue weighted by Crippen LogP contribution is 2.17. The molecular formula is C7H8N6O2S. The summed E-state index contributed by atoms with van der Waals surface area (Å²) in [6, 6.07) is 5.32. The van der Waals surface area contributed by atoms with Gasteiger partial charge in [0.1, 0.15) is 6.34 Å². The molecule has 0 aliphatic rings. The smallest absolute Gasteiger partial charge is 0.283 e. The van der Waals surface area contributed by atoms with Gasteiger partial charge in [-0.25, -0.2) is 5.84 Å². The predicted octanol–water partition coefficient (Wildman–Crippen LogP) is 0.809. The van der Waals surface area contributed by atoms with Gasteiger partial charge < -0.3 is 5.43 Å². The minimum Gasteiger partial charge on any atom is -0.314 e. The molecule has 9 heteroatoms. The molecule has 0 aliphatic carbocycles. The first kappa shape index (κ1) is 12.0. The van der Waals surface area contributed by atoms with Crippen LogP contribution in [0, 0.1) is 0 Å². The van der Waals surface area contributed by atoms with E-state index in [4.69, 9.17) is 11.4 Å². The average molecular weight is 240 g/mol. The summed E-state index contributed by atoms with van der Waals surface area (Å²) in [7, 11) is -3.76. The number of hydrogen-bond acceptors (Lipinski definition) is 4. The third-order valence-corrected chi connectivity index (χ3v) is 2.81. The van der Waals surface area contributed by atoms with Crippen molar-refractivity contribution in [3.63, 3.8) is 0 Å². The number of azide groups is 1. The molecule has 3 N–H and O–H groups in total.